The van der Waals surface area contributed by atoms with Crippen LogP contribution in [0.1, 0.15) is 5.69 Å². The Morgan fingerprint density at radius 1 is 1.39 bits per heavy atom. The summed E-state index contributed by atoms with van der Waals surface area (Å²) in [6.07, 6.45) is -0.0444. The highest BCUT2D eigenvalue weighted by molar-refractivity contribution is 5.86. The molecule has 0 amide bonds. The minimum absolute atomic E-state index is 0.0444. The molecule has 0 bridgehead atoms. The molecule has 0 aliphatic carbocycles. The molecule has 1 N–H and O–H groups in total. The third kappa shape index (κ3) is 2.10. The zero-order valence-electron chi connectivity index (χ0n) is 9.79. The van der Waals surface area contributed by atoms with Crippen LogP contribution in [0.2, 0.25) is 0 Å². The lowest BCUT2D eigenvalue weighted by Gasteiger charge is -2.08. The van der Waals surface area contributed by atoms with Crippen LogP contribution in [0, 0.1) is 0 Å². The first-order chi connectivity index (χ1) is 8.67. The van der Waals surface area contributed by atoms with Crippen LogP contribution in [-0.4, -0.2) is 28.0 Å². The Balaban J connectivity index is 2.68. The predicted molar refractivity (Wildman–Crippen MR) is 63.9 cm³/mol. The molecular weight excluding hydrogens is 236 g/mol. The van der Waals surface area contributed by atoms with Gasteiger partial charge in [0.1, 0.15) is 6.73 Å². The average Bonchev–Trinajstić information content (AvgIpc) is 2.41. The van der Waals surface area contributed by atoms with E-state index in [0.717, 1.165) is 4.68 Å². The van der Waals surface area contributed by atoms with Gasteiger partial charge in [0.15, 0.2) is 0 Å². The van der Waals surface area contributed by atoms with Gasteiger partial charge in [0.25, 0.3) is 5.56 Å². The summed E-state index contributed by atoms with van der Waals surface area (Å²) in [6.45, 7) is -0.530. The summed E-state index contributed by atoms with van der Waals surface area (Å²) < 4.78 is 5.50. The van der Waals surface area contributed by atoms with E-state index < -0.39 is 12.7 Å². The van der Waals surface area contributed by atoms with E-state index in [1.807, 2.05) is 0 Å². The number of aliphatic hydroxyl groups excluding tert-OH is 1. The molecule has 94 valence electrons. The lowest BCUT2D eigenvalue weighted by atomic mass is 10.1. The van der Waals surface area contributed by atoms with Crippen molar-refractivity contribution in [2.24, 2.45) is 0 Å². The van der Waals surface area contributed by atoms with Gasteiger partial charge in [-0.2, -0.15) is 5.10 Å². The third-order valence-electron chi connectivity index (χ3n) is 2.62. The van der Waals surface area contributed by atoms with Crippen molar-refractivity contribution in [3.63, 3.8) is 0 Å². The second-order valence-corrected chi connectivity index (χ2v) is 3.69. The summed E-state index contributed by atoms with van der Waals surface area (Å²) >= 11 is 0. The quantitative estimate of drug-likeness (QED) is 0.777. The highest BCUT2D eigenvalue weighted by atomic mass is 16.5. The Morgan fingerprint density at radius 2 is 2.06 bits per heavy atom. The van der Waals surface area contributed by atoms with E-state index >= 15 is 0 Å². The van der Waals surface area contributed by atoms with Gasteiger partial charge in [0, 0.05) is 5.39 Å². The van der Waals surface area contributed by atoms with Gasteiger partial charge < -0.3 is 9.84 Å². The number of benzene rings is 1. The van der Waals surface area contributed by atoms with Crippen LogP contribution in [0.5, 0.6) is 0 Å². The third-order valence-corrected chi connectivity index (χ3v) is 2.62. The molecule has 0 fully saturated rings. The van der Waals surface area contributed by atoms with Crippen LogP contribution < -0.4 is 5.56 Å². The smallest absolute Gasteiger partial charge is 0.311 e. The summed E-state index contributed by atoms with van der Waals surface area (Å²) in [6, 6.07) is 6.82. The van der Waals surface area contributed by atoms with Gasteiger partial charge in [-0.15, -0.1) is 0 Å². The van der Waals surface area contributed by atoms with E-state index in [-0.39, 0.29) is 12.0 Å². The van der Waals surface area contributed by atoms with E-state index in [2.05, 4.69) is 9.84 Å². The molecule has 18 heavy (non-hydrogen) atoms. The van der Waals surface area contributed by atoms with Crippen LogP contribution >= 0.6 is 0 Å². The standard InChI is InChI=1S/C12H12N2O4/c1-18-11(16)6-10-8-4-2-3-5-9(8)12(17)14(7-15)13-10/h2-5,15H,6-7H2,1H3. The molecule has 0 unspecified atom stereocenters. The van der Waals surface area contributed by atoms with Crippen molar-refractivity contribution in [2.75, 3.05) is 7.11 Å². The number of esters is 1. The maximum atomic E-state index is 11.9. The number of aromatic nitrogens is 2. The molecule has 1 heterocycles. The summed E-state index contributed by atoms with van der Waals surface area (Å²) in [4.78, 5) is 23.2. The van der Waals surface area contributed by atoms with Crippen molar-refractivity contribution >= 4 is 16.7 Å². The molecule has 6 nitrogen and oxygen atoms in total. The Hall–Kier alpha value is -2.21. The topological polar surface area (TPSA) is 81.4 Å². The molecular formula is C12H12N2O4. The van der Waals surface area contributed by atoms with Gasteiger partial charge in [0.2, 0.25) is 0 Å². The van der Waals surface area contributed by atoms with Gasteiger partial charge in [-0.05, 0) is 6.07 Å². The summed E-state index contributed by atoms with van der Waals surface area (Å²) in [7, 11) is 1.28. The average molecular weight is 248 g/mol. The molecule has 6 heteroatoms. The second-order valence-electron chi connectivity index (χ2n) is 3.69. The van der Waals surface area contributed by atoms with Crippen LogP contribution in [0.4, 0.5) is 0 Å². The van der Waals surface area contributed by atoms with Crippen molar-refractivity contribution in [3.05, 3.63) is 40.3 Å². The fourth-order valence-electron chi connectivity index (χ4n) is 1.74. The van der Waals surface area contributed by atoms with E-state index in [1.165, 1.54) is 7.11 Å². The number of rotatable bonds is 3. The fraction of sp³-hybridized carbons (Fsp3) is 0.250. The van der Waals surface area contributed by atoms with E-state index in [4.69, 9.17) is 5.11 Å². The minimum atomic E-state index is -0.530. The number of hydrogen-bond donors (Lipinski definition) is 1. The molecule has 0 spiro atoms. The number of carbonyl (C=O) groups is 1. The Kier molecular flexibility index (Phi) is 3.38. The number of fused-ring (bicyclic) bond motifs is 1. The lowest BCUT2D eigenvalue weighted by molar-refractivity contribution is -0.139. The van der Waals surface area contributed by atoms with Crippen molar-refractivity contribution in [1.29, 1.82) is 0 Å². The van der Waals surface area contributed by atoms with Crippen LogP contribution in [0.3, 0.4) is 0 Å². The summed E-state index contributed by atoms with van der Waals surface area (Å²) in [5.74, 6) is -0.448. The van der Waals surface area contributed by atoms with Crippen LogP contribution in [0.15, 0.2) is 29.1 Å². The molecule has 0 aliphatic heterocycles. The molecule has 0 radical (unpaired) electrons. The summed E-state index contributed by atoms with van der Waals surface area (Å²) in [5.41, 5.74) is 0.0211. The van der Waals surface area contributed by atoms with Crippen molar-refractivity contribution in [1.82, 2.24) is 9.78 Å². The summed E-state index contributed by atoms with van der Waals surface area (Å²) in [5, 5.41) is 14.1. The van der Waals surface area contributed by atoms with E-state index in [0.29, 0.717) is 16.5 Å². The minimum Gasteiger partial charge on any atom is -0.469 e. The number of ether oxygens (including phenoxy) is 1. The van der Waals surface area contributed by atoms with Gasteiger partial charge in [-0.1, -0.05) is 18.2 Å². The zero-order chi connectivity index (χ0) is 13.1. The SMILES string of the molecule is COC(=O)Cc1nn(CO)c(=O)c2ccccc12. The highest BCUT2D eigenvalue weighted by Crippen LogP contribution is 2.13. The molecule has 2 rings (SSSR count). The second kappa shape index (κ2) is 4.97. The van der Waals surface area contributed by atoms with Crippen molar-refractivity contribution in [2.45, 2.75) is 13.2 Å². The Morgan fingerprint density at radius 3 is 2.67 bits per heavy atom. The fourth-order valence-corrected chi connectivity index (χ4v) is 1.74. The maximum absolute atomic E-state index is 11.9. The zero-order valence-corrected chi connectivity index (χ0v) is 9.79. The predicted octanol–water partition coefficient (Wildman–Crippen LogP) is 0.0618. The number of aliphatic hydroxyl groups is 1. The molecule has 0 aliphatic rings. The largest absolute Gasteiger partial charge is 0.469 e. The number of methoxy groups -OCH3 is 1. The van der Waals surface area contributed by atoms with E-state index in [9.17, 15) is 9.59 Å². The first-order valence-corrected chi connectivity index (χ1v) is 5.33. The first kappa shape index (κ1) is 12.3. The van der Waals surface area contributed by atoms with Gasteiger partial charge in [-0.3, -0.25) is 9.59 Å². The molecule has 0 saturated carbocycles. The van der Waals surface area contributed by atoms with E-state index in [1.54, 1.807) is 24.3 Å². The van der Waals surface area contributed by atoms with Gasteiger partial charge >= 0.3 is 5.97 Å². The molecule has 0 saturated heterocycles. The Labute approximate surface area is 102 Å². The number of hydrogen-bond acceptors (Lipinski definition) is 5. The molecule has 2 aromatic rings. The molecule has 0 atom stereocenters. The maximum Gasteiger partial charge on any atom is 0.311 e. The number of nitrogens with zero attached hydrogens (tertiary/aromatic N) is 2. The van der Waals surface area contributed by atoms with Crippen LogP contribution in [-0.2, 0) is 22.7 Å². The van der Waals surface area contributed by atoms with Crippen molar-refractivity contribution in [3.8, 4) is 0 Å². The highest BCUT2D eigenvalue weighted by Gasteiger charge is 2.13. The van der Waals surface area contributed by atoms with Crippen LogP contribution in [0.25, 0.3) is 10.8 Å². The molecule has 1 aromatic heterocycles. The van der Waals surface area contributed by atoms with Gasteiger partial charge in [0.05, 0.1) is 24.6 Å². The normalized spacial score (nSPS) is 10.6. The lowest BCUT2D eigenvalue weighted by Crippen LogP contribution is -2.25. The van der Waals surface area contributed by atoms with Crippen molar-refractivity contribution < 1.29 is 14.6 Å². The first-order valence-electron chi connectivity index (χ1n) is 5.33. The Bertz CT molecular complexity index is 648. The molecule has 1 aromatic carbocycles. The van der Waals surface area contributed by atoms with Gasteiger partial charge in [-0.25, -0.2) is 4.68 Å². The monoisotopic (exact) mass is 248 g/mol. The number of carbonyl (C=O) groups excluding carboxylic acids is 1.